The highest BCUT2D eigenvalue weighted by Crippen LogP contribution is 2.49. The Bertz CT molecular complexity index is 4400. The fraction of sp³-hybridized carbons (Fsp3) is 0.616. The van der Waals surface area contributed by atoms with E-state index in [0.29, 0.717) is 23.5 Å². The lowest BCUT2D eigenvalue weighted by atomic mass is 9.86. The second-order valence-corrected chi connectivity index (χ2v) is 38.1. The van der Waals surface area contributed by atoms with Gasteiger partial charge in [-0.25, -0.2) is 0 Å². The highest BCUT2D eigenvalue weighted by atomic mass is 32.1. The molecule has 0 atom stereocenters. The van der Waals surface area contributed by atoms with Gasteiger partial charge in [-0.15, -0.1) is 45.3 Å². The predicted molar refractivity (Wildman–Crippen MR) is 479 cm³/mol. The minimum Gasteiger partial charge on any atom is -0.339 e. The van der Waals surface area contributed by atoms with Gasteiger partial charge < -0.3 is 9.13 Å². The summed E-state index contributed by atoms with van der Waals surface area (Å²) < 4.78 is 4.82. The number of nitriles is 4. The molecule has 0 aliphatic rings. The molecule has 0 aliphatic carbocycles. The predicted octanol–water partition coefficient (Wildman–Crippen LogP) is 31.5. The zero-order chi connectivity index (χ0) is 77.6. The summed E-state index contributed by atoms with van der Waals surface area (Å²) in [5.74, 6) is 0. The second-order valence-electron chi connectivity index (χ2n) is 33.8. The summed E-state index contributed by atoms with van der Waals surface area (Å²) in [6.07, 6.45) is 59.4. The molecule has 6 aromatic heterocycles. The quantitative estimate of drug-likeness (QED) is 0.0354. The van der Waals surface area contributed by atoms with Crippen molar-refractivity contribution in [1.29, 1.82) is 21.0 Å². The summed E-state index contributed by atoms with van der Waals surface area (Å²) in [7, 11) is 0. The third-order valence-electron chi connectivity index (χ3n) is 23.6. The van der Waals surface area contributed by atoms with Crippen molar-refractivity contribution in [1.82, 2.24) is 9.13 Å². The van der Waals surface area contributed by atoms with Crippen LogP contribution >= 0.6 is 45.3 Å². The van der Waals surface area contributed by atoms with Crippen LogP contribution in [-0.4, -0.2) is 9.13 Å². The molecule has 0 spiro atoms. The lowest BCUT2D eigenvalue weighted by Crippen LogP contribution is -2.17. The number of unbranched alkanes of at least 4 members (excludes halogenated alkanes) is 40. The number of fused-ring (bicyclic) bond motifs is 2. The van der Waals surface area contributed by atoms with Gasteiger partial charge in [0.15, 0.2) is 0 Å². The van der Waals surface area contributed by atoms with Crippen LogP contribution < -0.4 is 10.4 Å². The fourth-order valence-electron chi connectivity index (χ4n) is 16.4. The molecule has 0 fully saturated rings. The molecule has 109 heavy (non-hydrogen) atoms. The summed E-state index contributed by atoms with van der Waals surface area (Å²) in [6.45, 7) is 24.4. The smallest absolute Gasteiger partial charge is 0.139 e. The van der Waals surface area contributed by atoms with Crippen LogP contribution in [0.3, 0.4) is 0 Å². The van der Waals surface area contributed by atoms with E-state index in [1.54, 1.807) is 0 Å². The maximum atomic E-state index is 11.3. The summed E-state index contributed by atoms with van der Waals surface area (Å²) in [5, 5.41) is 49.4. The van der Waals surface area contributed by atoms with Gasteiger partial charge in [-0.1, -0.05) is 350 Å². The monoisotopic (exact) mass is 1540 g/mol. The van der Waals surface area contributed by atoms with Gasteiger partial charge in [0.2, 0.25) is 0 Å². The third-order valence-corrected chi connectivity index (χ3v) is 29.1. The van der Waals surface area contributed by atoms with Crippen LogP contribution in [0.4, 0.5) is 0 Å². The zero-order valence-corrected chi connectivity index (χ0v) is 73.2. The molecule has 0 amide bonds. The lowest BCUT2D eigenvalue weighted by Gasteiger charge is -2.20. The molecule has 2 aromatic carbocycles. The highest BCUT2D eigenvalue weighted by Gasteiger charge is 2.26. The summed E-state index contributed by atoms with van der Waals surface area (Å²) >= 11 is 7.92. The van der Waals surface area contributed by atoms with Crippen molar-refractivity contribution in [3.8, 4) is 64.0 Å². The van der Waals surface area contributed by atoms with Gasteiger partial charge in [-0.2, -0.15) is 21.0 Å². The maximum Gasteiger partial charge on any atom is 0.139 e. The molecule has 8 rings (SSSR count). The van der Waals surface area contributed by atoms with E-state index in [0.717, 1.165) is 102 Å². The number of hydrogen-bond acceptors (Lipinski definition) is 8. The Kier molecular flexibility index (Phi) is 39.1. The van der Waals surface area contributed by atoms with Crippen molar-refractivity contribution in [2.75, 3.05) is 0 Å². The summed E-state index contributed by atoms with van der Waals surface area (Å²) in [4.78, 5) is 11.0. The number of aryl methyl sites for hydroxylation is 4. The lowest BCUT2D eigenvalue weighted by molar-refractivity contribution is 0.517. The number of nitrogens with zero attached hydrogens (tertiary/aromatic N) is 6. The Morgan fingerprint density at radius 1 is 0.330 bits per heavy atom. The van der Waals surface area contributed by atoms with Crippen LogP contribution in [0.5, 0.6) is 0 Å². The largest absolute Gasteiger partial charge is 0.339 e. The van der Waals surface area contributed by atoms with E-state index in [2.05, 4.69) is 175 Å². The molecule has 6 nitrogen and oxygen atoms in total. The van der Waals surface area contributed by atoms with Gasteiger partial charge in [0.05, 0.1) is 10.7 Å². The summed E-state index contributed by atoms with van der Waals surface area (Å²) in [5.41, 5.74) is 7.28. The first-order valence-corrected chi connectivity index (χ1v) is 47.6. The standard InChI is InChI=1S/C99H140N6S4/c1-11-16-20-24-28-32-36-38-40-44-48-52-56-77-69-89(108-96(77)87-63-62-86(106-87)90-70-78(57-53-49-45-41-39-37-33-29-25-21-17-12-2)97(109-90)88-64-65-91(107-88)99(9,10)15-5)76-58-60-82-84(68-76)104(66-54-50-46-42-34-30-26-22-18-13-3)94(92(82)79(72-100)73-101)95-93(80(74-102)75-103)83-61-59-81(98(6,7)8)71-85(83)105(95)67-55-51-47-43-35-31-27-23-19-14-4/h58-65,68-71H,11-57,66-67H2,1-10H3/b95-94+. The van der Waals surface area contributed by atoms with Crippen molar-refractivity contribution >= 4 is 78.3 Å². The van der Waals surface area contributed by atoms with Gasteiger partial charge in [0.25, 0.3) is 0 Å². The number of hydrogen-bond donors (Lipinski definition) is 0. The molecule has 6 heterocycles. The minimum atomic E-state index is -0.170. The average molecular weight is 1540 g/mol. The Morgan fingerprint density at radius 2 is 0.670 bits per heavy atom. The first-order valence-electron chi connectivity index (χ1n) is 44.4. The molecular formula is C99H140N6S4. The molecule has 0 bridgehead atoms. The van der Waals surface area contributed by atoms with Crippen LogP contribution in [0.25, 0.3) is 72.7 Å². The topological polar surface area (TPSA) is 105 Å². The highest BCUT2D eigenvalue weighted by molar-refractivity contribution is 7.29. The van der Waals surface area contributed by atoms with Crippen molar-refractivity contribution in [2.45, 2.75) is 395 Å². The maximum absolute atomic E-state index is 11.3. The Hall–Kier alpha value is -5.98. The van der Waals surface area contributed by atoms with Crippen molar-refractivity contribution in [3.63, 3.8) is 0 Å². The molecule has 0 saturated carbocycles. The Labute approximate surface area is 677 Å². The van der Waals surface area contributed by atoms with Gasteiger partial charge in [-0.05, 0) is 127 Å². The zero-order valence-electron chi connectivity index (χ0n) is 69.9. The first kappa shape index (κ1) is 88.6. The van der Waals surface area contributed by atoms with E-state index >= 15 is 0 Å². The minimum absolute atomic E-state index is 0.0497. The molecule has 0 unspecified atom stereocenters. The van der Waals surface area contributed by atoms with Crippen LogP contribution in [0, 0.1) is 56.0 Å². The molecule has 0 radical (unpaired) electrons. The van der Waals surface area contributed by atoms with Crippen LogP contribution in [0.1, 0.15) is 380 Å². The van der Waals surface area contributed by atoms with Crippen molar-refractivity contribution < 1.29 is 0 Å². The number of rotatable bonds is 54. The normalized spacial score (nSPS) is 12.2. The van der Waals surface area contributed by atoms with Crippen LogP contribution in [0.2, 0.25) is 0 Å². The van der Waals surface area contributed by atoms with E-state index in [4.69, 9.17) is 0 Å². The van der Waals surface area contributed by atoms with Gasteiger partial charge >= 0.3 is 0 Å². The molecule has 0 aliphatic heterocycles. The van der Waals surface area contributed by atoms with E-state index in [-0.39, 0.29) is 22.0 Å². The Morgan fingerprint density at radius 3 is 1.06 bits per heavy atom. The molecule has 590 valence electrons. The van der Waals surface area contributed by atoms with Gasteiger partial charge in [0.1, 0.15) is 35.4 Å². The first-order chi connectivity index (χ1) is 53.2. The Balaban J connectivity index is 1.25. The van der Waals surface area contributed by atoms with Gasteiger partial charge in [-0.3, -0.25) is 0 Å². The van der Waals surface area contributed by atoms with Crippen molar-refractivity contribution in [3.05, 3.63) is 115 Å². The molecule has 10 heteroatoms. The van der Waals surface area contributed by atoms with Crippen LogP contribution in [0.15, 0.2) is 72.8 Å². The van der Waals surface area contributed by atoms with E-state index in [1.807, 2.05) is 45.3 Å². The van der Waals surface area contributed by atoms with E-state index < -0.39 is 0 Å². The number of benzene rings is 2. The summed E-state index contributed by atoms with van der Waals surface area (Å²) in [6, 6.07) is 37.8. The molecule has 8 aromatic rings. The number of thiophene rings is 4. The fourth-order valence-corrected chi connectivity index (χ4v) is 21.4. The third kappa shape index (κ3) is 26.3. The van der Waals surface area contributed by atoms with Crippen LogP contribution in [-0.2, 0) is 36.8 Å². The SMILES string of the molecule is CCCCCCCCCCCCCCc1cc(-c2ccc3c(=C(C#N)C#N)/c(=c4/c(=C(C#N)C#N)c5ccc(C(C)(C)C)cc5n4CCCCCCCCCCCC)n(CCCCCCCCCCCC)c3c2)sc1-c1ccc(-c2cc(CCCCCCCCCCCCCC)c(-c3ccc(C(C)(C)CC)s3)s2)s1. The average Bonchev–Trinajstić information content (AvgIpc) is 1.55. The van der Waals surface area contributed by atoms with E-state index in [1.165, 1.54) is 293 Å². The van der Waals surface area contributed by atoms with Crippen molar-refractivity contribution in [2.24, 2.45) is 0 Å². The van der Waals surface area contributed by atoms with Gasteiger partial charge in [0, 0.05) is 84.3 Å². The molecular weight excluding hydrogens is 1400 g/mol. The second kappa shape index (κ2) is 48.2. The van der Waals surface area contributed by atoms with E-state index in [9.17, 15) is 21.0 Å². The number of aromatic nitrogens is 2. The molecule has 0 saturated heterocycles. The molecule has 0 N–H and O–H groups in total.